The molecule has 3 aromatic rings. The topological polar surface area (TPSA) is 64.7 Å². The predicted molar refractivity (Wildman–Crippen MR) is 79.6 cm³/mol. The van der Waals surface area contributed by atoms with Crippen LogP contribution in [0.15, 0.2) is 41.0 Å². The number of halogens is 1. The Bertz CT molecular complexity index is 770. The van der Waals surface area contributed by atoms with Gasteiger partial charge >= 0.3 is 0 Å². The summed E-state index contributed by atoms with van der Waals surface area (Å²) in [5, 5.41) is 0.880. The van der Waals surface area contributed by atoms with Gasteiger partial charge in [0.05, 0.1) is 0 Å². The molecule has 0 aliphatic carbocycles. The van der Waals surface area contributed by atoms with Gasteiger partial charge in [-0.25, -0.2) is 15.0 Å². The van der Waals surface area contributed by atoms with Gasteiger partial charge in [0.2, 0.25) is 0 Å². The van der Waals surface area contributed by atoms with Crippen LogP contribution in [0.25, 0.3) is 22.2 Å². The third kappa shape index (κ3) is 2.17. The second-order valence-electron chi connectivity index (χ2n) is 4.23. The molecule has 0 unspecified atom stereocenters. The van der Waals surface area contributed by atoms with E-state index >= 15 is 0 Å². The van der Waals surface area contributed by atoms with E-state index in [0.717, 1.165) is 21.0 Å². The van der Waals surface area contributed by atoms with Gasteiger partial charge in [-0.2, -0.15) is 0 Å². The van der Waals surface area contributed by atoms with Crippen LogP contribution in [0.4, 0.5) is 5.82 Å². The molecule has 0 amide bonds. The number of aryl methyl sites for hydroxylation is 1. The lowest BCUT2D eigenvalue weighted by atomic mass is 10.1. The highest BCUT2D eigenvalue weighted by Crippen LogP contribution is 2.32. The van der Waals surface area contributed by atoms with Crippen molar-refractivity contribution in [1.29, 1.82) is 0 Å². The highest BCUT2D eigenvalue weighted by atomic mass is 79.9. The van der Waals surface area contributed by atoms with E-state index in [9.17, 15) is 0 Å². The molecule has 0 fully saturated rings. The first kappa shape index (κ1) is 12.0. The average Bonchev–Trinajstić information content (AvgIpc) is 2.39. The molecule has 0 saturated carbocycles. The minimum absolute atomic E-state index is 0.470. The summed E-state index contributed by atoms with van der Waals surface area (Å²) in [5.41, 5.74) is 8.56. The first-order valence-corrected chi connectivity index (χ1v) is 6.59. The number of fused-ring (bicyclic) bond motifs is 1. The summed E-state index contributed by atoms with van der Waals surface area (Å²) < 4.78 is 0.982. The Morgan fingerprint density at radius 2 is 1.89 bits per heavy atom. The predicted octanol–water partition coefficient (Wildman–Crippen LogP) is 3.34. The number of hydrogen-bond donors (Lipinski definition) is 1. The van der Waals surface area contributed by atoms with E-state index in [4.69, 9.17) is 5.73 Å². The number of nitrogen functional groups attached to an aromatic ring is 1. The molecule has 0 bridgehead atoms. The SMILES string of the molecule is Cc1ncc2cc(-c3ccccc3Br)c(N)nc2n1. The van der Waals surface area contributed by atoms with Crippen LogP contribution >= 0.6 is 15.9 Å². The molecule has 5 heteroatoms. The highest BCUT2D eigenvalue weighted by molar-refractivity contribution is 9.10. The fraction of sp³-hybridized carbons (Fsp3) is 0.0714. The molecule has 0 aliphatic rings. The number of pyridine rings is 1. The minimum Gasteiger partial charge on any atom is -0.383 e. The van der Waals surface area contributed by atoms with Crippen molar-refractivity contribution in [1.82, 2.24) is 15.0 Å². The monoisotopic (exact) mass is 314 g/mol. The van der Waals surface area contributed by atoms with Crippen LogP contribution in [0.3, 0.4) is 0 Å². The van der Waals surface area contributed by atoms with Gasteiger partial charge in [-0.1, -0.05) is 34.1 Å². The van der Waals surface area contributed by atoms with Crippen molar-refractivity contribution in [3.8, 4) is 11.1 Å². The molecule has 2 N–H and O–H groups in total. The standard InChI is InChI=1S/C14H11BrN4/c1-8-17-7-9-6-11(13(16)19-14(9)18-8)10-4-2-3-5-12(10)15/h2-7H,1H3,(H2,16,17,18,19). The van der Waals surface area contributed by atoms with Crippen LogP contribution in [0.2, 0.25) is 0 Å². The summed E-state index contributed by atoms with van der Waals surface area (Å²) >= 11 is 3.53. The van der Waals surface area contributed by atoms with Gasteiger partial charge in [0.1, 0.15) is 11.6 Å². The molecule has 0 spiro atoms. The van der Waals surface area contributed by atoms with Crippen molar-refractivity contribution in [2.75, 3.05) is 5.73 Å². The van der Waals surface area contributed by atoms with E-state index in [1.54, 1.807) is 6.20 Å². The third-order valence-corrected chi connectivity index (χ3v) is 3.57. The van der Waals surface area contributed by atoms with Crippen molar-refractivity contribution in [3.63, 3.8) is 0 Å². The number of anilines is 1. The number of hydrogen-bond acceptors (Lipinski definition) is 4. The van der Waals surface area contributed by atoms with Gasteiger partial charge in [0.25, 0.3) is 0 Å². The van der Waals surface area contributed by atoms with E-state index < -0.39 is 0 Å². The molecule has 0 radical (unpaired) electrons. The Morgan fingerprint density at radius 3 is 2.68 bits per heavy atom. The molecule has 94 valence electrons. The zero-order valence-electron chi connectivity index (χ0n) is 10.3. The van der Waals surface area contributed by atoms with Crippen molar-refractivity contribution in [2.24, 2.45) is 0 Å². The van der Waals surface area contributed by atoms with Crippen molar-refractivity contribution in [3.05, 3.63) is 46.8 Å². The Balaban J connectivity index is 2.28. The van der Waals surface area contributed by atoms with Gasteiger partial charge in [-0.3, -0.25) is 0 Å². The number of rotatable bonds is 1. The minimum atomic E-state index is 0.470. The van der Waals surface area contributed by atoms with E-state index in [0.29, 0.717) is 17.3 Å². The van der Waals surface area contributed by atoms with Crippen LogP contribution in [0, 0.1) is 6.92 Å². The molecule has 3 rings (SSSR count). The Hall–Kier alpha value is -2.01. The number of nitrogens with zero attached hydrogens (tertiary/aromatic N) is 3. The summed E-state index contributed by atoms with van der Waals surface area (Å²) in [7, 11) is 0. The van der Waals surface area contributed by atoms with E-state index in [1.165, 1.54) is 0 Å². The van der Waals surface area contributed by atoms with E-state index in [2.05, 4.69) is 30.9 Å². The van der Waals surface area contributed by atoms with E-state index in [-0.39, 0.29) is 0 Å². The van der Waals surface area contributed by atoms with E-state index in [1.807, 2.05) is 37.3 Å². The number of aromatic nitrogens is 3. The van der Waals surface area contributed by atoms with Crippen molar-refractivity contribution >= 4 is 32.8 Å². The summed E-state index contributed by atoms with van der Waals surface area (Å²) in [6.45, 7) is 1.83. The summed E-state index contributed by atoms with van der Waals surface area (Å²) in [6.07, 6.45) is 1.77. The number of nitrogens with two attached hydrogens (primary N) is 1. The zero-order valence-corrected chi connectivity index (χ0v) is 11.8. The fourth-order valence-corrected chi connectivity index (χ4v) is 2.46. The Kier molecular flexibility index (Phi) is 2.91. The maximum absolute atomic E-state index is 6.05. The lowest BCUT2D eigenvalue weighted by Gasteiger charge is -2.08. The molecule has 1 aromatic carbocycles. The third-order valence-electron chi connectivity index (χ3n) is 2.88. The fourth-order valence-electron chi connectivity index (χ4n) is 1.96. The summed E-state index contributed by atoms with van der Waals surface area (Å²) in [4.78, 5) is 12.8. The second kappa shape index (κ2) is 4.59. The van der Waals surface area contributed by atoms with Crippen LogP contribution in [0.1, 0.15) is 5.82 Å². The maximum atomic E-state index is 6.05. The molecule has 4 nitrogen and oxygen atoms in total. The Morgan fingerprint density at radius 1 is 1.11 bits per heavy atom. The molecule has 0 saturated heterocycles. The second-order valence-corrected chi connectivity index (χ2v) is 5.09. The van der Waals surface area contributed by atoms with Crippen LogP contribution in [0.5, 0.6) is 0 Å². The molecule has 0 atom stereocenters. The molecule has 2 heterocycles. The molecule has 19 heavy (non-hydrogen) atoms. The first-order chi connectivity index (χ1) is 9.15. The van der Waals surface area contributed by atoms with Crippen LogP contribution in [-0.4, -0.2) is 15.0 Å². The Labute approximate surface area is 118 Å². The smallest absolute Gasteiger partial charge is 0.165 e. The van der Waals surface area contributed by atoms with Gasteiger partial charge in [-0.05, 0) is 24.6 Å². The van der Waals surface area contributed by atoms with Gasteiger partial charge in [0.15, 0.2) is 5.65 Å². The molecule has 2 aromatic heterocycles. The molecular weight excluding hydrogens is 304 g/mol. The molecular formula is C14H11BrN4. The zero-order chi connectivity index (χ0) is 13.4. The van der Waals surface area contributed by atoms with Gasteiger partial charge in [0, 0.05) is 21.6 Å². The van der Waals surface area contributed by atoms with Gasteiger partial charge in [-0.15, -0.1) is 0 Å². The van der Waals surface area contributed by atoms with Gasteiger partial charge < -0.3 is 5.73 Å². The quantitative estimate of drug-likeness (QED) is 0.748. The lowest BCUT2D eigenvalue weighted by Crippen LogP contribution is -1.98. The summed E-state index contributed by atoms with van der Waals surface area (Å²) in [6, 6.07) is 9.88. The lowest BCUT2D eigenvalue weighted by molar-refractivity contribution is 1.07. The van der Waals surface area contributed by atoms with Crippen LogP contribution in [-0.2, 0) is 0 Å². The van der Waals surface area contributed by atoms with Crippen molar-refractivity contribution < 1.29 is 0 Å². The molecule has 0 aliphatic heterocycles. The normalized spacial score (nSPS) is 10.8. The average molecular weight is 315 g/mol. The largest absolute Gasteiger partial charge is 0.383 e. The maximum Gasteiger partial charge on any atom is 0.165 e. The van der Waals surface area contributed by atoms with Crippen LogP contribution < -0.4 is 5.73 Å². The first-order valence-electron chi connectivity index (χ1n) is 5.80. The van der Waals surface area contributed by atoms with Crippen molar-refractivity contribution in [2.45, 2.75) is 6.92 Å². The highest BCUT2D eigenvalue weighted by Gasteiger charge is 2.10. The summed E-state index contributed by atoms with van der Waals surface area (Å²) in [5.74, 6) is 1.16. The number of benzene rings is 1.